The molecule has 1 heterocycles. The van der Waals surface area contributed by atoms with Gasteiger partial charge in [0, 0.05) is 30.6 Å². The lowest BCUT2D eigenvalue weighted by atomic mass is 10.1. The predicted molar refractivity (Wildman–Crippen MR) is 78.0 cm³/mol. The highest BCUT2D eigenvalue weighted by molar-refractivity contribution is 7.09. The number of rotatable bonds is 8. The van der Waals surface area contributed by atoms with E-state index >= 15 is 0 Å². The van der Waals surface area contributed by atoms with Crippen molar-refractivity contribution in [3.63, 3.8) is 0 Å². The third-order valence-corrected chi connectivity index (χ3v) is 4.37. The van der Waals surface area contributed by atoms with Crippen molar-refractivity contribution in [3.05, 3.63) is 16.1 Å². The quantitative estimate of drug-likeness (QED) is 0.785. The van der Waals surface area contributed by atoms with E-state index in [1.165, 1.54) is 36.4 Å². The van der Waals surface area contributed by atoms with Crippen molar-refractivity contribution < 1.29 is 0 Å². The van der Waals surface area contributed by atoms with Gasteiger partial charge in [-0.1, -0.05) is 13.3 Å². The van der Waals surface area contributed by atoms with Crippen LogP contribution in [0.1, 0.15) is 43.3 Å². The van der Waals surface area contributed by atoms with E-state index in [-0.39, 0.29) is 0 Å². The molecule has 0 spiro atoms. The van der Waals surface area contributed by atoms with Gasteiger partial charge in [-0.3, -0.25) is 4.90 Å². The summed E-state index contributed by atoms with van der Waals surface area (Å²) in [5, 5.41) is 7.01. The molecule has 1 atom stereocenters. The standard InChI is InChI=1S/C14H25N3S/c1-4-5-14(8-15-12-6-7-12)17(3)9-13-10-18-11(2)16-13/h10,12,14-15H,4-9H2,1-3H3. The molecule has 0 aliphatic heterocycles. The van der Waals surface area contributed by atoms with Gasteiger partial charge >= 0.3 is 0 Å². The van der Waals surface area contributed by atoms with Crippen LogP contribution >= 0.6 is 11.3 Å². The van der Waals surface area contributed by atoms with Crippen molar-refractivity contribution in [2.75, 3.05) is 13.6 Å². The highest BCUT2D eigenvalue weighted by Gasteiger charge is 2.23. The third kappa shape index (κ3) is 4.34. The maximum absolute atomic E-state index is 4.56. The first kappa shape index (κ1) is 14.0. The topological polar surface area (TPSA) is 28.2 Å². The zero-order valence-electron chi connectivity index (χ0n) is 11.8. The number of nitrogens with one attached hydrogen (secondary N) is 1. The number of nitrogens with zero attached hydrogens (tertiary/aromatic N) is 2. The number of aryl methyl sites for hydroxylation is 1. The highest BCUT2D eigenvalue weighted by atomic mass is 32.1. The van der Waals surface area contributed by atoms with Gasteiger partial charge in [-0.05, 0) is 33.2 Å². The van der Waals surface area contributed by atoms with Crippen LogP contribution in [-0.4, -0.2) is 35.6 Å². The van der Waals surface area contributed by atoms with Crippen LogP contribution in [0.3, 0.4) is 0 Å². The van der Waals surface area contributed by atoms with E-state index in [1.54, 1.807) is 11.3 Å². The van der Waals surface area contributed by atoms with E-state index in [2.05, 4.69) is 41.5 Å². The second-order valence-corrected chi connectivity index (χ2v) is 6.46. The fraction of sp³-hybridized carbons (Fsp3) is 0.786. The number of thiazole rings is 1. The fourth-order valence-electron chi connectivity index (χ4n) is 2.27. The second kappa shape index (κ2) is 6.64. The number of likely N-dealkylation sites (N-methyl/N-ethyl adjacent to an activating group) is 1. The van der Waals surface area contributed by atoms with E-state index in [0.29, 0.717) is 6.04 Å². The molecule has 0 radical (unpaired) electrons. The summed E-state index contributed by atoms with van der Waals surface area (Å²) in [5.74, 6) is 0. The Morgan fingerprint density at radius 1 is 1.56 bits per heavy atom. The zero-order chi connectivity index (χ0) is 13.0. The summed E-state index contributed by atoms with van der Waals surface area (Å²) in [6.45, 7) is 6.44. The van der Waals surface area contributed by atoms with Crippen LogP contribution in [0.5, 0.6) is 0 Å². The van der Waals surface area contributed by atoms with E-state index in [4.69, 9.17) is 0 Å². The molecule has 1 aliphatic carbocycles. The molecule has 3 nitrogen and oxygen atoms in total. The monoisotopic (exact) mass is 267 g/mol. The molecule has 18 heavy (non-hydrogen) atoms. The minimum absolute atomic E-state index is 0.637. The molecule has 1 aromatic heterocycles. The molecule has 4 heteroatoms. The fourth-order valence-corrected chi connectivity index (χ4v) is 2.87. The molecule has 1 saturated carbocycles. The molecule has 1 aromatic rings. The van der Waals surface area contributed by atoms with Crippen molar-refractivity contribution >= 4 is 11.3 Å². The molecule has 0 saturated heterocycles. The van der Waals surface area contributed by atoms with E-state index in [0.717, 1.165) is 19.1 Å². The molecule has 1 unspecified atom stereocenters. The molecule has 2 rings (SSSR count). The van der Waals surface area contributed by atoms with Gasteiger partial charge < -0.3 is 5.32 Å². The Morgan fingerprint density at radius 2 is 2.33 bits per heavy atom. The molecule has 1 aliphatic rings. The molecule has 1 N–H and O–H groups in total. The van der Waals surface area contributed by atoms with Gasteiger partial charge in [-0.2, -0.15) is 0 Å². The molecule has 0 amide bonds. The minimum atomic E-state index is 0.637. The van der Waals surface area contributed by atoms with Crippen LogP contribution in [0.2, 0.25) is 0 Å². The van der Waals surface area contributed by atoms with Crippen LogP contribution in [0.4, 0.5) is 0 Å². The van der Waals surface area contributed by atoms with Gasteiger partial charge in [0.15, 0.2) is 0 Å². The van der Waals surface area contributed by atoms with Crippen molar-refractivity contribution in [2.24, 2.45) is 0 Å². The Kier molecular flexibility index (Phi) is 5.15. The van der Waals surface area contributed by atoms with Crippen LogP contribution in [-0.2, 0) is 6.54 Å². The zero-order valence-corrected chi connectivity index (χ0v) is 12.6. The molecule has 1 fully saturated rings. The summed E-state index contributed by atoms with van der Waals surface area (Å²) in [6.07, 6.45) is 5.25. The molecular formula is C14H25N3S. The Balaban J connectivity index is 1.83. The third-order valence-electron chi connectivity index (χ3n) is 3.54. The maximum Gasteiger partial charge on any atom is 0.0897 e. The number of aromatic nitrogens is 1. The summed E-state index contributed by atoms with van der Waals surface area (Å²) >= 11 is 1.75. The van der Waals surface area contributed by atoms with E-state index in [1.807, 2.05) is 0 Å². The lowest BCUT2D eigenvalue weighted by Crippen LogP contribution is -2.40. The molecular weight excluding hydrogens is 242 g/mol. The van der Waals surface area contributed by atoms with Gasteiger partial charge in [0.25, 0.3) is 0 Å². The largest absolute Gasteiger partial charge is 0.312 e. The Labute approximate surface area is 115 Å². The van der Waals surface area contributed by atoms with E-state index < -0.39 is 0 Å². The summed E-state index contributed by atoms with van der Waals surface area (Å²) < 4.78 is 0. The predicted octanol–water partition coefficient (Wildman–Crippen LogP) is 2.80. The maximum atomic E-state index is 4.56. The Hall–Kier alpha value is -0.450. The van der Waals surface area contributed by atoms with Gasteiger partial charge in [0.1, 0.15) is 0 Å². The Morgan fingerprint density at radius 3 is 2.89 bits per heavy atom. The van der Waals surface area contributed by atoms with Crippen LogP contribution in [0.25, 0.3) is 0 Å². The first-order valence-electron chi connectivity index (χ1n) is 7.03. The first-order valence-corrected chi connectivity index (χ1v) is 7.91. The second-order valence-electron chi connectivity index (χ2n) is 5.40. The van der Waals surface area contributed by atoms with Crippen molar-refractivity contribution in [2.45, 2.75) is 58.2 Å². The summed E-state index contributed by atoms with van der Waals surface area (Å²) in [5.41, 5.74) is 1.22. The van der Waals surface area contributed by atoms with Gasteiger partial charge in [0.2, 0.25) is 0 Å². The first-order chi connectivity index (χ1) is 8.69. The van der Waals surface area contributed by atoms with Crippen LogP contribution in [0, 0.1) is 6.92 Å². The summed E-state index contributed by atoms with van der Waals surface area (Å²) in [4.78, 5) is 7.01. The summed E-state index contributed by atoms with van der Waals surface area (Å²) in [6, 6.07) is 1.44. The molecule has 0 aromatic carbocycles. The normalized spacial score (nSPS) is 17.3. The number of hydrogen-bond donors (Lipinski definition) is 1. The SMILES string of the molecule is CCCC(CNC1CC1)N(C)Cc1csc(C)n1. The lowest BCUT2D eigenvalue weighted by molar-refractivity contribution is 0.212. The van der Waals surface area contributed by atoms with E-state index in [9.17, 15) is 0 Å². The van der Waals surface area contributed by atoms with Gasteiger partial charge in [-0.15, -0.1) is 11.3 Å². The van der Waals surface area contributed by atoms with Crippen molar-refractivity contribution in [3.8, 4) is 0 Å². The average molecular weight is 267 g/mol. The summed E-state index contributed by atoms with van der Waals surface area (Å²) in [7, 11) is 2.23. The Bertz CT molecular complexity index is 360. The van der Waals surface area contributed by atoms with Crippen LogP contribution in [0.15, 0.2) is 5.38 Å². The minimum Gasteiger partial charge on any atom is -0.312 e. The molecule has 102 valence electrons. The average Bonchev–Trinajstić information content (AvgIpc) is 3.08. The van der Waals surface area contributed by atoms with Gasteiger partial charge in [-0.25, -0.2) is 4.98 Å². The highest BCUT2D eigenvalue weighted by Crippen LogP contribution is 2.19. The smallest absolute Gasteiger partial charge is 0.0897 e. The van der Waals surface area contributed by atoms with Crippen LogP contribution < -0.4 is 5.32 Å². The molecule has 0 bridgehead atoms. The van der Waals surface area contributed by atoms with Gasteiger partial charge in [0.05, 0.1) is 10.7 Å². The number of hydrogen-bond acceptors (Lipinski definition) is 4. The van der Waals surface area contributed by atoms with Crippen molar-refractivity contribution in [1.82, 2.24) is 15.2 Å². The van der Waals surface area contributed by atoms with Crippen molar-refractivity contribution in [1.29, 1.82) is 0 Å². The lowest BCUT2D eigenvalue weighted by Gasteiger charge is -2.27.